The van der Waals surface area contributed by atoms with Crippen LogP contribution in [0.4, 0.5) is 17.1 Å². The van der Waals surface area contributed by atoms with Crippen LogP contribution in [0.15, 0.2) is 77.8 Å². The molecule has 3 aromatic carbocycles. The van der Waals surface area contributed by atoms with E-state index in [1.165, 1.54) is 0 Å². The van der Waals surface area contributed by atoms with Crippen molar-refractivity contribution in [1.82, 2.24) is 5.48 Å². The molecule has 0 fully saturated rings. The van der Waals surface area contributed by atoms with Gasteiger partial charge in [-0.3, -0.25) is 10.0 Å². The highest BCUT2D eigenvalue weighted by molar-refractivity contribution is 6.22. The number of aliphatic imine (C=N–C) groups is 1. The number of rotatable bonds is 5. The molecule has 4 rings (SSSR count). The van der Waals surface area contributed by atoms with Gasteiger partial charge in [-0.1, -0.05) is 48.5 Å². The lowest BCUT2D eigenvalue weighted by atomic mass is 9.95. The molecule has 1 aliphatic heterocycles. The van der Waals surface area contributed by atoms with Crippen LogP contribution in [0, 0.1) is 0 Å². The summed E-state index contributed by atoms with van der Waals surface area (Å²) in [5.74, 6) is -0.574. The van der Waals surface area contributed by atoms with Crippen molar-refractivity contribution >= 4 is 28.7 Å². The number of anilines is 2. The highest BCUT2D eigenvalue weighted by atomic mass is 16.5. The van der Waals surface area contributed by atoms with E-state index in [9.17, 15) is 10.0 Å². The molecule has 0 spiro atoms. The summed E-state index contributed by atoms with van der Waals surface area (Å²) in [4.78, 5) is 19.4. The van der Waals surface area contributed by atoms with Gasteiger partial charge < -0.3 is 9.64 Å². The molecule has 0 radical (unpaired) electrons. The number of benzene rings is 3. The molecule has 6 heteroatoms. The van der Waals surface area contributed by atoms with Crippen molar-refractivity contribution in [2.45, 2.75) is 0 Å². The fourth-order valence-electron chi connectivity index (χ4n) is 3.58. The Hall–Kier alpha value is -3.48. The predicted molar refractivity (Wildman–Crippen MR) is 113 cm³/mol. The second-order valence-electron chi connectivity index (χ2n) is 6.60. The Kier molecular flexibility index (Phi) is 5.37. The van der Waals surface area contributed by atoms with Gasteiger partial charge in [0.25, 0.3) is 5.91 Å². The normalized spacial score (nSPS) is 12.5. The molecule has 146 valence electrons. The molecule has 1 amide bonds. The molecule has 6 nitrogen and oxygen atoms in total. The van der Waals surface area contributed by atoms with E-state index in [1.807, 2.05) is 60.7 Å². The average Bonchev–Trinajstić information content (AvgIpc) is 2.92. The number of nitrogens with one attached hydrogen (secondary N) is 1. The van der Waals surface area contributed by atoms with Gasteiger partial charge in [0.2, 0.25) is 0 Å². The lowest BCUT2D eigenvalue weighted by Crippen LogP contribution is -2.24. The van der Waals surface area contributed by atoms with Gasteiger partial charge >= 0.3 is 0 Å². The first kappa shape index (κ1) is 18.9. The first-order chi connectivity index (χ1) is 14.2. The van der Waals surface area contributed by atoms with Gasteiger partial charge in [0.15, 0.2) is 0 Å². The minimum absolute atomic E-state index is 0.353. The molecule has 0 saturated heterocycles. The summed E-state index contributed by atoms with van der Waals surface area (Å²) in [6.45, 7) is 1.22. The van der Waals surface area contributed by atoms with Crippen LogP contribution in [0.3, 0.4) is 0 Å². The first-order valence-corrected chi connectivity index (χ1v) is 9.32. The number of hydrogen-bond acceptors (Lipinski definition) is 5. The highest BCUT2D eigenvalue weighted by Gasteiger charge is 2.25. The maximum absolute atomic E-state index is 12.3. The Bertz CT molecular complexity index is 1080. The molecule has 0 unspecified atom stereocenters. The minimum atomic E-state index is -0.574. The molecular weight excluding hydrogens is 366 g/mol. The summed E-state index contributed by atoms with van der Waals surface area (Å²) in [6.07, 6.45) is 0. The smallest absolute Gasteiger partial charge is 0.275 e. The standard InChI is InChI=1S/C23H21N3O3/c1-29-15-14-26-20-12-6-4-10-18(20)22(24-19-11-5-7-13-21(19)26)16-8-2-3-9-17(16)23(27)25-28/h2-13,28H,14-15H2,1H3,(H,25,27). The maximum Gasteiger partial charge on any atom is 0.275 e. The summed E-state index contributed by atoms with van der Waals surface area (Å²) in [5, 5.41) is 9.20. The summed E-state index contributed by atoms with van der Waals surface area (Å²) in [7, 11) is 1.68. The Morgan fingerprint density at radius 2 is 1.62 bits per heavy atom. The molecule has 0 atom stereocenters. The number of carbonyl (C=O) groups is 1. The molecule has 0 aliphatic carbocycles. The van der Waals surface area contributed by atoms with Crippen molar-refractivity contribution in [3.8, 4) is 0 Å². The highest BCUT2D eigenvalue weighted by Crippen LogP contribution is 2.40. The second kappa shape index (κ2) is 8.26. The van der Waals surface area contributed by atoms with Crippen LogP contribution in [-0.4, -0.2) is 37.1 Å². The average molecular weight is 387 g/mol. The minimum Gasteiger partial charge on any atom is -0.383 e. The molecule has 29 heavy (non-hydrogen) atoms. The molecule has 0 aromatic heterocycles. The number of carbonyl (C=O) groups excluding carboxylic acids is 1. The van der Waals surface area contributed by atoms with Crippen LogP contribution in [0.1, 0.15) is 21.5 Å². The van der Waals surface area contributed by atoms with Crippen molar-refractivity contribution in [3.63, 3.8) is 0 Å². The number of hydroxylamine groups is 1. The third-order valence-electron chi connectivity index (χ3n) is 4.90. The van der Waals surface area contributed by atoms with Crippen LogP contribution >= 0.6 is 0 Å². The monoisotopic (exact) mass is 387 g/mol. The Balaban J connectivity index is 1.99. The molecule has 3 aromatic rings. The van der Waals surface area contributed by atoms with Gasteiger partial charge in [0, 0.05) is 24.8 Å². The Morgan fingerprint density at radius 1 is 0.966 bits per heavy atom. The summed E-state index contributed by atoms with van der Waals surface area (Å²) in [5.41, 5.74) is 7.06. The zero-order valence-electron chi connectivity index (χ0n) is 16.0. The van der Waals surface area contributed by atoms with Crippen molar-refractivity contribution in [3.05, 3.63) is 89.5 Å². The van der Waals surface area contributed by atoms with Gasteiger partial charge in [-0.2, -0.15) is 0 Å². The molecule has 1 heterocycles. The second-order valence-corrected chi connectivity index (χ2v) is 6.60. The zero-order valence-corrected chi connectivity index (χ0v) is 16.0. The van der Waals surface area contributed by atoms with E-state index in [-0.39, 0.29) is 0 Å². The van der Waals surface area contributed by atoms with E-state index in [1.54, 1.807) is 24.7 Å². The lowest BCUT2D eigenvalue weighted by Gasteiger charge is -2.26. The maximum atomic E-state index is 12.3. The van der Waals surface area contributed by atoms with Crippen LogP contribution in [0.25, 0.3) is 0 Å². The molecule has 0 saturated carbocycles. The Morgan fingerprint density at radius 3 is 2.38 bits per heavy atom. The predicted octanol–water partition coefficient (Wildman–Crippen LogP) is 4.07. The number of fused-ring (bicyclic) bond motifs is 2. The van der Waals surface area contributed by atoms with Gasteiger partial charge in [-0.25, -0.2) is 10.5 Å². The molecule has 0 bridgehead atoms. The van der Waals surface area contributed by atoms with E-state index in [0.717, 1.165) is 22.6 Å². The topological polar surface area (TPSA) is 74.2 Å². The number of ether oxygens (including phenoxy) is 1. The summed E-state index contributed by atoms with van der Waals surface area (Å²) in [6, 6.07) is 23.0. The number of methoxy groups -OCH3 is 1. The van der Waals surface area contributed by atoms with Crippen LogP contribution in [0.2, 0.25) is 0 Å². The van der Waals surface area contributed by atoms with Crippen LogP contribution in [0.5, 0.6) is 0 Å². The van der Waals surface area contributed by atoms with Crippen molar-refractivity contribution in [2.24, 2.45) is 4.99 Å². The number of amides is 1. The van der Waals surface area contributed by atoms with E-state index < -0.39 is 5.91 Å². The first-order valence-electron chi connectivity index (χ1n) is 9.32. The summed E-state index contributed by atoms with van der Waals surface area (Å²) < 4.78 is 5.33. The Labute approximate surface area is 169 Å². The van der Waals surface area contributed by atoms with Crippen molar-refractivity contribution in [1.29, 1.82) is 0 Å². The largest absolute Gasteiger partial charge is 0.383 e. The van der Waals surface area contributed by atoms with Gasteiger partial charge in [-0.05, 0) is 24.3 Å². The van der Waals surface area contributed by atoms with Gasteiger partial charge in [0.05, 0.1) is 34.9 Å². The van der Waals surface area contributed by atoms with E-state index in [2.05, 4.69) is 4.90 Å². The van der Waals surface area contributed by atoms with Crippen molar-refractivity contribution in [2.75, 3.05) is 25.2 Å². The summed E-state index contributed by atoms with van der Waals surface area (Å²) >= 11 is 0. The van der Waals surface area contributed by atoms with Gasteiger partial charge in [-0.15, -0.1) is 0 Å². The fraction of sp³-hybridized carbons (Fsp3) is 0.130. The lowest BCUT2D eigenvalue weighted by molar-refractivity contribution is 0.0706. The van der Waals surface area contributed by atoms with E-state index in [4.69, 9.17) is 9.73 Å². The van der Waals surface area contributed by atoms with Crippen LogP contribution < -0.4 is 10.4 Å². The molecular formula is C23H21N3O3. The van der Waals surface area contributed by atoms with E-state index >= 15 is 0 Å². The van der Waals surface area contributed by atoms with Crippen molar-refractivity contribution < 1.29 is 14.7 Å². The van der Waals surface area contributed by atoms with Gasteiger partial charge in [0.1, 0.15) is 0 Å². The molecule has 1 aliphatic rings. The van der Waals surface area contributed by atoms with E-state index in [0.29, 0.717) is 30.0 Å². The SMILES string of the molecule is COCCN1c2ccccc2N=C(c2ccccc2C(=O)NO)c2ccccc21. The third-order valence-corrected chi connectivity index (χ3v) is 4.90. The number of nitrogens with zero attached hydrogens (tertiary/aromatic N) is 2. The zero-order chi connectivity index (χ0) is 20.2. The third kappa shape index (κ3) is 3.51. The number of hydrogen-bond donors (Lipinski definition) is 2. The number of para-hydroxylation sites is 3. The quantitative estimate of drug-likeness (QED) is 0.511. The van der Waals surface area contributed by atoms with Crippen LogP contribution in [-0.2, 0) is 4.74 Å². The molecule has 2 N–H and O–H groups in total. The fourth-order valence-corrected chi connectivity index (χ4v) is 3.58.